The van der Waals surface area contributed by atoms with Crippen molar-refractivity contribution in [2.45, 2.75) is 0 Å². The minimum Gasteiger partial charge on any atom is -0.468 e. The number of hydrogen-bond acceptors (Lipinski definition) is 4. The average molecular weight is 209 g/mol. The summed E-state index contributed by atoms with van der Waals surface area (Å²) in [6, 6.07) is 8.56. The number of carbonyl (C=O) groups excluding carboxylic acids is 2. The third-order valence-corrected chi connectivity index (χ3v) is 1.56. The zero-order valence-corrected chi connectivity index (χ0v) is 8.23. The van der Waals surface area contributed by atoms with Gasteiger partial charge in [-0.1, -0.05) is 18.2 Å². The quantitative estimate of drug-likeness (QED) is 0.752. The molecule has 0 atom stereocenters. The standard InChI is InChI=1S/C10H11NO4/c1-14-9(12)7-11-10(13)15-8-5-3-2-4-6-8/h2-6H,7H2,1H3,(H,11,13). The second kappa shape index (κ2) is 5.64. The van der Waals surface area contributed by atoms with Crippen molar-refractivity contribution in [1.29, 1.82) is 0 Å². The molecule has 1 rings (SSSR count). The van der Waals surface area contributed by atoms with E-state index >= 15 is 0 Å². The number of benzene rings is 1. The molecule has 1 N–H and O–H groups in total. The predicted octanol–water partition coefficient (Wildman–Crippen LogP) is 0.948. The third-order valence-electron chi connectivity index (χ3n) is 1.56. The van der Waals surface area contributed by atoms with Gasteiger partial charge in [0.25, 0.3) is 0 Å². The molecule has 0 aliphatic heterocycles. The molecule has 0 radical (unpaired) electrons. The Bertz CT molecular complexity index is 337. The summed E-state index contributed by atoms with van der Waals surface area (Å²) >= 11 is 0. The highest BCUT2D eigenvalue weighted by Crippen LogP contribution is 2.07. The number of ether oxygens (including phenoxy) is 2. The van der Waals surface area contributed by atoms with E-state index in [2.05, 4.69) is 10.1 Å². The molecular weight excluding hydrogens is 198 g/mol. The lowest BCUT2D eigenvalue weighted by molar-refractivity contribution is -0.139. The van der Waals surface area contributed by atoms with Gasteiger partial charge in [-0.15, -0.1) is 0 Å². The fraction of sp³-hybridized carbons (Fsp3) is 0.200. The first-order valence-corrected chi connectivity index (χ1v) is 4.30. The molecule has 0 heterocycles. The molecule has 5 nitrogen and oxygen atoms in total. The summed E-state index contributed by atoms with van der Waals surface area (Å²) in [7, 11) is 1.24. The van der Waals surface area contributed by atoms with Crippen molar-refractivity contribution in [2.75, 3.05) is 13.7 Å². The van der Waals surface area contributed by atoms with Gasteiger partial charge in [0.05, 0.1) is 7.11 Å². The molecule has 0 fully saturated rings. The molecule has 1 amide bonds. The fourth-order valence-electron chi connectivity index (χ4n) is 0.848. The molecule has 0 unspecified atom stereocenters. The second-order valence-electron chi connectivity index (χ2n) is 2.63. The zero-order valence-electron chi connectivity index (χ0n) is 8.23. The Morgan fingerprint density at radius 1 is 1.27 bits per heavy atom. The van der Waals surface area contributed by atoms with E-state index in [-0.39, 0.29) is 6.54 Å². The van der Waals surface area contributed by atoms with Crippen LogP contribution in [-0.4, -0.2) is 25.7 Å². The van der Waals surface area contributed by atoms with Crippen LogP contribution in [0.2, 0.25) is 0 Å². The fourth-order valence-corrected chi connectivity index (χ4v) is 0.848. The summed E-state index contributed by atoms with van der Waals surface area (Å²) < 4.78 is 9.19. The molecule has 0 aromatic heterocycles. The molecule has 0 bridgehead atoms. The first-order valence-electron chi connectivity index (χ1n) is 4.30. The Labute approximate surface area is 87.0 Å². The number of para-hydroxylation sites is 1. The number of amides is 1. The van der Waals surface area contributed by atoms with Crippen LogP contribution in [0.5, 0.6) is 5.75 Å². The number of hydrogen-bond donors (Lipinski definition) is 1. The molecular formula is C10H11NO4. The minimum atomic E-state index is -0.688. The molecule has 1 aromatic rings. The minimum absolute atomic E-state index is 0.206. The van der Waals surface area contributed by atoms with Crippen molar-refractivity contribution < 1.29 is 19.1 Å². The Hall–Kier alpha value is -2.04. The van der Waals surface area contributed by atoms with Crippen LogP contribution in [0, 0.1) is 0 Å². The largest absolute Gasteiger partial charge is 0.468 e. The topological polar surface area (TPSA) is 64.6 Å². The van der Waals surface area contributed by atoms with Gasteiger partial charge in [-0.25, -0.2) is 4.79 Å². The van der Waals surface area contributed by atoms with E-state index in [1.54, 1.807) is 30.3 Å². The zero-order chi connectivity index (χ0) is 11.1. The molecule has 0 spiro atoms. The van der Waals surface area contributed by atoms with Gasteiger partial charge in [-0.05, 0) is 12.1 Å². The average Bonchev–Trinajstić information content (AvgIpc) is 2.27. The maximum atomic E-state index is 11.1. The highest BCUT2D eigenvalue weighted by Gasteiger charge is 2.06. The van der Waals surface area contributed by atoms with E-state index in [0.717, 1.165) is 0 Å². The van der Waals surface area contributed by atoms with Gasteiger partial charge >= 0.3 is 12.1 Å². The number of methoxy groups -OCH3 is 1. The van der Waals surface area contributed by atoms with Crippen molar-refractivity contribution in [3.05, 3.63) is 30.3 Å². The monoisotopic (exact) mass is 209 g/mol. The van der Waals surface area contributed by atoms with Gasteiger partial charge in [0.15, 0.2) is 0 Å². The third kappa shape index (κ3) is 4.12. The van der Waals surface area contributed by atoms with Crippen LogP contribution < -0.4 is 10.1 Å². The molecule has 0 saturated heterocycles. The van der Waals surface area contributed by atoms with Gasteiger partial charge in [-0.3, -0.25) is 4.79 Å². The smallest absolute Gasteiger partial charge is 0.413 e. The van der Waals surface area contributed by atoms with Gasteiger partial charge in [0.1, 0.15) is 12.3 Å². The number of carbonyl (C=O) groups is 2. The van der Waals surface area contributed by atoms with E-state index < -0.39 is 12.1 Å². The van der Waals surface area contributed by atoms with E-state index in [1.165, 1.54) is 7.11 Å². The molecule has 1 aromatic carbocycles. The summed E-state index contributed by atoms with van der Waals surface area (Å²) in [4.78, 5) is 21.8. The molecule has 0 saturated carbocycles. The van der Waals surface area contributed by atoms with E-state index in [1.807, 2.05) is 0 Å². The van der Waals surface area contributed by atoms with Crippen LogP contribution in [0.1, 0.15) is 0 Å². The Kier molecular flexibility index (Phi) is 4.15. The molecule has 0 aliphatic rings. The van der Waals surface area contributed by atoms with Gasteiger partial charge in [-0.2, -0.15) is 0 Å². The van der Waals surface area contributed by atoms with Crippen LogP contribution >= 0.6 is 0 Å². The molecule has 15 heavy (non-hydrogen) atoms. The van der Waals surface area contributed by atoms with Crippen LogP contribution in [0.4, 0.5) is 4.79 Å². The molecule has 0 aliphatic carbocycles. The number of esters is 1. The number of rotatable bonds is 3. The summed E-state index contributed by atoms with van der Waals surface area (Å²) in [5.74, 6) is -0.111. The van der Waals surface area contributed by atoms with Crippen molar-refractivity contribution >= 4 is 12.1 Å². The van der Waals surface area contributed by atoms with Crippen LogP contribution in [0.15, 0.2) is 30.3 Å². The maximum Gasteiger partial charge on any atom is 0.413 e. The van der Waals surface area contributed by atoms with Crippen molar-refractivity contribution in [3.63, 3.8) is 0 Å². The second-order valence-corrected chi connectivity index (χ2v) is 2.63. The summed E-state index contributed by atoms with van der Waals surface area (Å²) in [5, 5.41) is 2.25. The summed E-state index contributed by atoms with van der Waals surface area (Å²) in [6.07, 6.45) is -0.688. The highest BCUT2D eigenvalue weighted by molar-refractivity contribution is 5.78. The van der Waals surface area contributed by atoms with Gasteiger partial charge < -0.3 is 14.8 Å². The normalized spacial score (nSPS) is 9.13. The van der Waals surface area contributed by atoms with E-state index in [0.29, 0.717) is 5.75 Å². The highest BCUT2D eigenvalue weighted by atomic mass is 16.6. The van der Waals surface area contributed by atoms with Crippen molar-refractivity contribution in [2.24, 2.45) is 0 Å². The lowest BCUT2D eigenvalue weighted by atomic mass is 10.3. The SMILES string of the molecule is COC(=O)CNC(=O)Oc1ccccc1. The Balaban J connectivity index is 2.34. The Morgan fingerprint density at radius 3 is 2.53 bits per heavy atom. The number of nitrogens with one attached hydrogen (secondary N) is 1. The predicted molar refractivity (Wildman–Crippen MR) is 52.5 cm³/mol. The van der Waals surface area contributed by atoms with Crippen molar-refractivity contribution in [3.8, 4) is 5.75 Å². The van der Waals surface area contributed by atoms with Crippen LogP contribution in [-0.2, 0) is 9.53 Å². The maximum absolute atomic E-state index is 11.1. The Morgan fingerprint density at radius 2 is 1.93 bits per heavy atom. The first kappa shape index (κ1) is 11.0. The lowest BCUT2D eigenvalue weighted by Crippen LogP contribution is -2.32. The summed E-state index contributed by atoms with van der Waals surface area (Å²) in [6.45, 7) is -0.206. The lowest BCUT2D eigenvalue weighted by Gasteiger charge is -2.04. The van der Waals surface area contributed by atoms with Crippen molar-refractivity contribution in [1.82, 2.24) is 5.32 Å². The van der Waals surface area contributed by atoms with Crippen LogP contribution in [0.25, 0.3) is 0 Å². The first-order chi connectivity index (χ1) is 7.22. The van der Waals surface area contributed by atoms with E-state index in [4.69, 9.17) is 4.74 Å². The van der Waals surface area contributed by atoms with Crippen LogP contribution in [0.3, 0.4) is 0 Å². The molecule has 80 valence electrons. The molecule has 5 heteroatoms. The summed E-state index contributed by atoms with van der Waals surface area (Å²) in [5.41, 5.74) is 0. The van der Waals surface area contributed by atoms with E-state index in [9.17, 15) is 9.59 Å². The van der Waals surface area contributed by atoms with Gasteiger partial charge in [0, 0.05) is 0 Å². The van der Waals surface area contributed by atoms with Gasteiger partial charge in [0.2, 0.25) is 0 Å².